The van der Waals surface area contributed by atoms with Crippen molar-refractivity contribution in [3.63, 3.8) is 0 Å². The first-order valence-corrected chi connectivity index (χ1v) is 10.5. The quantitative estimate of drug-likeness (QED) is 0.680. The van der Waals surface area contributed by atoms with Crippen molar-refractivity contribution in [2.45, 2.75) is 39.2 Å². The van der Waals surface area contributed by atoms with Gasteiger partial charge in [-0.25, -0.2) is 0 Å². The van der Waals surface area contributed by atoms with Gasteiger partial charge in [0.25, 0.3) is 0 Å². The number of amides is 3. The molecule has 1 aromatic rings. The number of benzene rings is 1. The van der Waals surface area contributed by atoms with Gasteiger partial charge in [0, 0.05) is 31.9 Å². The lowest BCUT2D eigenvalue weighted by molar-refractivity contribution is -0.147. The number of likely N-dealkylation sites (tertiary alicyclic amines) is 1. The van der Waals surface area contributed by atoms with Crippen LogP contribution in [0.25, 0.3) is 0 Å². The van der Waals surface area contributed by atoms with Gasteiger partial charge >= 0.3 is 0 Å². The lowest BCUT2D eigenvalue weighted by atomic mass is 10.1. The molecule has 2 unspecified atom stereocenters. The first-order valence-electron chi connectivity index (χ1n) is 9.74. The second-order valence-electron chi connectivity index (χ2n) is 7.13. The second kappa shape index (κ2) is 8.70. The summed E-state index contributed by atoms with van der Waals surface area (Å²) in [6, 6.07) is 4.54. The van der Waals surface area contributed by atoms with Crippen molar-refractivity contribution in [1.82, 2.24) is 9.80 Å². The van der Waals surface area contributed by atoms with E-state index in [-0.39, 0.29) is 17.7 Å². The SMILES string of the molecule is CCN(CC)C(=O)C1CCCN1C(=O)C1CCN(c2ccc(Cl)c(Cl)c2)C1=O. The van der Waals surface area contributed by atoms with Crippen LogP contribution in [0.4, 0.5) is 5.69 Å². The van der Waals surface area contributed by atoms with Crippen molar-refractivity contribution in [1.29, 1.82) is 0 Å². The van der Waals surface area contributed by atoms with Crippen LogP contribution in [0.15, 0.2) is 18.2 Å². The van der Waals surface area contributed by atoms with Crippen LogP contribution in [0.2, 0.25) is 10.0 Å². The van der Waals surface area contributed by atoms with Gasteiger partial charge < -0.3 is 14.7 Å². The highest BCUT2D eigenvalue weighted by atomic mass is 35.5. The maximum atomic E-state index is 13.1. The Morgan fingerprint density at radius 2 is 1.82 bits per heavy atom. The molecule has 0 aromatic heterocycles. The van der Waals surface area contributed by atoms with E-state index >= 15 is 0 Å². The Kier molecular flexibility index (Phi) is 6.50. The molecule has 3 rings (SSSR count). The van der Waals surface area contributed by atoms with E-state index in [1.807, 2.05) is 13.8 Å². The third-order valence-corrected chi connectivity index (χ3v) is 6.35. The zero-order valence-corrected chi connectivity index (χ0v) is 17.7. The zero-order valence-electron chi connectivity index (χ0n) is 16.2. The molecule has 0 saturated carbocycles. The van der Waals surface area contributed by atoms with Crippen LogP contribution in [0.3, 0.4) is 0 Å². The Balaban J connectivity index is 1.74. The lowest BCUT2D eigenvalue weighted by Gasteiger charge is -2.30. The molecule has 0 N–H and O–H groups in total. The van der Waals surface area contributed by atoms with Crippen molar-refractivity contribution in [2.24, 2.45) is 5.92 Å². The summed E-state index contributed by atoms with van der Waals surface area (Å²) in [5.41, 5.74) is 0.631. The van der Waals surface area contributed by atoms with E-state index in [4.69, 9.17) is 23.2 Å². The van der Waals surface area contributed by atoms with Crippen molar-refractivity contribution in [2.75, 3.05) is 31.1 Å². The largest absolute Gasteiger partial charge is 0.341 e. The number of carbonyl (C=O) groups is 3. The summed E-state index contributed by atoms with van der Waals surface area (Å²) < 4.78 is 0. The molecule has 6 nitrogen and oxygen atoms in total. The van der Waals surface area contributed by atoms with E-state index in [2.05, 4.69) is 0 Å². The fourth-order valence-electron chi connectivity index (χ4n) is 4.05. The van der Waals surface area contributed by atoms with Crippen molar-refractivity contribution in [3.05, 3.63) is 28.2 Å². The Morgan fingerprint density at radius 3 is 2.46 bits per heavy atom. The number of rotatable bonds is 5. The minimum absolute atomic E-state index is 0.0253. The molecular weight excluding hydrogens is 401 g/mol. The van der Waals surface area contributed by atoms with E-state index in [0.29, 0.717) is 54.8 Å². The predicted octanol–water partition coefficient (Wildman–Crippen LogP) is 3.21. The van der Waals surface area contributed by atoms with Gasteiger partial charge in [-0.3, -0.25) is 14.4 Å². The van der Waals surface area contributed by atoms with Crippen LogP contribution in [0.1, 0.15) is 33.1 Å². The van der Waals surface area contributed by atoms with E-state index in [1.54, 1.807) is 32.9 Å². The van der Waals surface area contributed by atoms with E-state index in [9.17, 15) is 14.4 Å². The van der Waals surface area contributed by atoms with E-state index in [1.165, 1.54) is 0 Å². The highest BCUT2D eigenvalue weighted by Crippen LogP contribution is 2.33. The van der Waals surface area contributed by atoms with Crippen molar-refractivity contribution < 1.29 is 14.4 Å². The third-order valence-electron chi connectivity index (χ3n) is 5.61. The maximum absolute atomic E-state index is 13.1. The Hall–Kier alpha value is -1.79. The number of likely N-dealkylation sites (N-methyl/N-ethyl adjacent to an activating group) is 1. The van der Waals surface area contributed by atoms with Gasteiger partial charge in [0.1, 0.15) is 12.0 Å². The molecule has 152 valence electrons. The summed E-state index contributed by atoms with van der Waals surface area (Å²) in [5, 5.41) is 0.783. The maximum Gasteiger partial charge on any atom is 0.245 e. The van der Waals surface area contributed by atoms with Gasteiger partial charge in [0.15, 0.2) is 0 Å². The van der Waals surface area contributed by atoms with Crippen molar-refractivity contribution in [3.8, 4) is 0 Å². The van der Waals surface area contributed by atoms with Gasteiger partial charge in [0.05, 0.1) is 10.0 Å². The van der Waals surface area contributed by atoms with Gasteiger partial charge in [-0.2, -0.15) is 0 Å². The third kappa shape index (κ3) is 3.85. The monoisotopic (exact) mass is 425 g/mol. The lowest BCUT2D eigenvalue weighted by Crippen LogP contribution is -2.50. The number of carbonyl (C=O) groups excluding carboxylic acids is 3. The molecule has 1 aromatic carbocycles. The fraction of sp³-hybridized carbons (Fsp3) is 0.550. The summed E-state index contributed by atoms with van der Waals surface area (Å²) >= 11 is 12.0. The van der Waals surface area contributed by atoms with E-state index < -0.39 is 12.0 Å². The van der Waals surface area contributed by atoms with Crippen molar-refractivity contribution >= 4 is 46.6 Å². The molecule has 3 amide bonds. The molecule has 0 bridgehead atoms. The summed E-state index contributed by atoms with van der Waals surface area (Å²) in [4.78, 5) is 43.8. The second-order valence-corrected chi connectivity index (χ2v) is 7.94. The van der Waals surface area contributed by atoms with Gasteiger partial charge in [0.2, 0.25) is 17.7 Å². The topological polar surface area (TPSA) is 60.9 Å². The van der Waals surface area contributed by atoms with Crippen LogP contribution in [0, 0.1) is 5.92 Å². The Morgan fingerprint density at radius 1 is 1.11 bits per heavy atom. The number of hydrogen-bond donors (Lipinski definition) is 0. The standard InChI is InChI=1S/C20H25Cl2N3O3/c1-3-23(4-2)20(28)17-6-5-10-25(17)19(27)14-9-11-24(18(14)26)13-7-8-15(21)16(22)12-13/h7-8,12,14,17H,3-6,9-11H2,1-2H3. The minimum atomic E-state index is -0.750. The fourth-order valence-corrected chi connectivity index (χ4v) is 4.34. The van der Waals surface area contributed by atoms with Crippen LogP contribution in [-0.2, 0) is 14.4 Å². The number of nitrogens with zero attached hydrogens (tertiary/aromatic N) is 3. The van der Waals surface area contributed by atoms with Gasteiger partial charge in [-0.1, -0.05) is 23.2 Å². The predicted molar refractivity (Wildman–Crippen MR) is 110 cm³/mol. The highest BCUT2D eigenvalue weighted by Gasteiger charge is 2.44. The molecule has 2 aliphatic rings. The summed E-state index contributed by atoms with van der Waals surface area (Å²) in [5.74, 6) is -1.26. The first kappa shape index (κ1) is 20.9. The molecule has 2 aliphatic heterocycles. The molecular formula is C20H25Cl2N3O3. The van der Waals surface area contributed by atoms with Crippen LogP contribution >= 0.6 is 23.2 Å². The van der Waals surface area contributed by atoms with Crippen LogP contribution in [0.5, 0.6) is 0 Å². The van der Waals surface area contributed by atoms with Crippen LogP contribution in [-0.4, -0.2) is 59.7 Å². The summed E-state index contributed by atoms with van der Waals surface area (Å²) in [6.07, 6.45) is 1.86. The minimum Gasteiger partial charge on any atom is -0.341 e. The number of hydrogen-bond acceptors (Lipinski definition) is 3. The molecule has 2 atom stereocenters. The molecule has 2 saturated heterocycles. The molecule has 28 heavy (non-hydrogen) atoms. The highest BCUT2D eigenvalue weighted by molar-refractivity contribution is 6.42. The smallest absolute Gasteiger partial charge is 0.245 e. The van der Waals surface area contributed by atoms with Gasteiger partial charge in [-0.15, -0.1) is 0 Å². The average Bonchev–Trinajstić information content (AvgIpc) is 3.31. The summed E-state index contributed by atoms with van der Waals surface area (Å²) in [7, 11) is 0. The summed E-state index contributed by atoms with van der Waals surface area (Å²) in [6.45, 7) is 6.04. The van der Waals surface area contributed by atoms with Crippen LogP contribution < -0.4 is 4.90 Å². The average molecular weight is 426 g/mol. The molecule has 0 radical (unpaired) electrons. The first-order chi connectivity index (χ1) is 13.4. The molecule has 0 aliphatic carbocycles. The number of anilines is 1. The molecule has 8 heteroatoms. The number of halogens is 2. The molecule has 0 spiro atoms. The Bertz CT molecular complexity index is 782. The normalized spacial score (nSPS) is 22.1. The Labute approximate surface area is 175 Å². The molecule has 2 fully saturated rings. The van der Waals surface area contributed by atoms with E-state index in [0.717, 1.165) is 6.42 Å². The zero-order chi connectivity index (χ0) is 20.4. The van der Waals surface area contributed by atoms with Gasteiger partial charge in [-0.05, 0) is 51.3 Å². The molecule has 2 heterocycles.